The first-order valence-corrected chi connectivity index (χ1v) is 12.3. The molecule has 0 amide bonds. The average Bonchev–Trinajstić information content (AvgIpc) is 2.85. The van der Waals surface area contributed by atoms with Gasteiger partial charge in [0.2, 0.25) is 0 Å². The van der Waals surface area contributed by atoms with Gasteiger partial charge in [0.05, 0.1) is 0 Å². The van der Waals surface area contributed by atoms with Gasteiger partial charge in [-0.15, -0.1) is 0 Å². The smallest absolute Gasteiger partial charge is 0.161 e. The molecular formula is C29H24Cl2N2O2. The van der Waals surface area contributed by atoms with Crippen LogP contribution in [0.4, 0.5) is 5.69 Å². The summed E-state index contributed by atoms with van der Waals surface area (Å²) in [6.45, 7) is 1.98. The molecule has 4 nitrogen and oxygen atoms in total. The van der Waals surface area contributed by atoms with E-state index in [1.54, 1.807) is 23.1 Å². The van der Waals surface area contributed by atoms with Crippen LogP contribution in [0.1, 0.15) is 41.9 Å². The van der Waals surface area contributed by atoms with Crippen molar-refractivity contribution in [2.45, 2.75) is 32.1 Å². The molecule has 0 aromatic heterocycles. The van der Waals surface area contributed by atoms with Gasteiger partial charge in [-0.1, -0.05) is 71.2 Å². The Hall–Kier alpha value is -3.34. The maximum atomic E-state index is 13.5. The lowest BCUT2D eigenvalue weighted by atomic mass is 9.73. The number of anilines is 1. The van der Waals surface area contributed by atoms with Gasteiger partial charge in [-0.05, 0) is 55.7 Å². The lowest BCUT2D eigenvalue weighted by molar-refractivity contribution is -0.116. The normalized spacial score (nSPS) is 19.6. The molecule has 1 aliphatic heterocycles. The first-order chi connectivity index (χ1) is 16.9. The lowest BCUT2D eigenvalue weighted by Gasteiger charge is -2.42. The number of nitrogens with one attached hydrogen (secondary N) is 1. The van der Waals surface area contributed by atoms with Crippen molar-refractivity contribution >= 4 is 46.3 Å². The van der Waals surface area contributed by atoms with Crippen molar-refractivity contribution in [3.8, 4) is 0 Å². The number of nitrogens with zero attached hydrogens (tertiary/aromatic N) is 1. The third-order valence-corrected chi connectivity index (χ3v) is 7.23. The third-order valence-electron chi connectivity index (χ3n) is 6.64. The summed E-state index contributed by atoms with van der Waals surface area (Å²) in [5.41, 5.74) is 4.77. The number of aliphatic hydroxyl groups excluding tert-OH is 1. The number of Topliss-reactive ketones (excluding diaryl/α,β-unsaturated/α-hetero) is 1. The minimum absolute atomic E-state index is 0.0110. The predicted octanol–water partition coefficient (Wildman–Crippen LogP) is 7.86. The van der Waals surface area contributed by atoms with Crippen LogP contribution in [0.5, 0.6) is 0 Å². The summed E-state index contributed by atoms with van der Waals surface area (Å²) in [4.78, 5) is 15.3. The monoisotopic (exact) mass is 502 g/mol. The Morgan fingerprint density at radius 1 is 0.971 bits per heavy atom. The number of carbonyl (C=O) groups excluding carboxylic acids is 1. The summed E-state index contributed by atoms with van der Waals surface area (Å²) >= 11 is 12.8. The number of hydrogen-bond acceptors (Lipinski definition) is 3. The number of halogens is 2. The Balaban J connectivity index is 1.84. The highest BCUT2D eigenvalue weighted by Crippen LogP contribution is 2.49. The Kier molecular flexibility index (Phi) is 6.26. The van der Waals surface area contributed by atoms with E-state index in [9.17, 15) is 15.3 Å². The van der Waals surface area contributed by atoms with Gasteiger partial charge in [0.25, 0.3) is 0 Å². The molecule has 1 atom stereocenters. The fourth-order valence-electron chi connectivity index (χ4n) is 4.95. The molecule has 2 N–H and O–H groups in total. The Bertz CT molecular complexity index is 1390. The van der Waals surface area contributed by atoms with Crippen LogP contribution in [-0.2, 0) is 4.79 Å². The highest BCUT2D eigenvalue weighted by Gasteiger charge is 2.43. The van der Waals surface area contributed by atoms with E-state index in [-0.39, 0.29) is 17.4 Å². The van der Waals surface area contributed by atoms with Gasteiger partial charge in [0.1, 0.15) is 11.6 Å². The number of aryl methyl sites for hydroxylation is 1. The van der Waals surface area contributed by atoms with Crippen LogP contribution < -0.4 is 4.90 Å². The van der Waals surface area contributed by atoms with Crippen LogP contribution in [0, 0.1) is 12.3 Å². The first-order valence-electron chi connectivity index (χ1n) is 11.5. The second kappa shape index (κ2) is 9.37. The lowest BCUT2D eigenvalue weighted by Crippen LogP contribution is -2.42. The molecule has 0 saturated heterocycles. The zero-order chi connectivity index (χ0) is 24.7. The van der Waals surface area contributed by atoms with E-state index in [1.165, 1.54) is 0 Å². The summed E-state index contributed by atoms with van der Waals surface area (Å²) < 4.78 is 0. The molecule has 0 radical (unpaired) electrons. The molecule has 0 bridgehead atoms. The van der Waals surface area contributed by atoms with Crippen LogP contribution in [0.25, 0.3) is 5.76 Å². The van der Waals surface area contributed by atoms with Crippen LogP contribution in [0.2, 0.25) is 10.0 Å². The number of rotatable bonds is 3. The number of allylic oxidation sites excluding steroid dienone is 2. The van der Waals surface area contributed by atoms with Crippen molar-refractivity contribution in [3.05, 3.63) is 116 Å². The van der Waals surface area contributed by atoms with E-state index in [0.717, 1.165) is 11.3 Å². The topological polar surface area (TPSA) is 64.4 Å². The number of ketones is 1. The molecule has 3 aromatic rings. The van der Waals surface area contributed by atoms with E-state index >= 15 is 0 Å². The molecule has 3 aromatic carbocycles. The van der Waals surface area contributed by atoms with Gasteiger partial charge in [-0.2, -0.15) is 0 Å². The summed E-state index contributed by atoms with van der Waals surface area (Å²) in [5.74, 6) is -0.562. The number of hydrogen-bond donors (Lipinski definition) is 2. The fourth-order valence-corrected chi connectivity index (χ4v) is 5.32. The standard InChI is InChI=1S/C29H24Cl2N2O2/c1-17-9-11-18(12-10-17)28(35)27-25(21-5-2-3-6-22(21)31)26-23(7-4-8-24(26)34)33(29(27)32)20-15-13-19(30)14-16-20/h2-3,5-6,9-16,25,32,35H,4,7-8H2,1H3/b28-27+,32-29?. The zero-order valence-corrected chi connectivity index (χ0v) is 20.7. The van der Waals surface area contributed by atoms with Crippen molar-refractivity contribution in [2.75, 3.05) is 4.90 Å². The average molecular weight is 503 g/mol. The van der Waals surface area contributed by atoms with Crippen LogP contribution in [0.3, 0.4) is 0 Å². The highest BCUT2D eigenvalue weighted by atomic mass is 35.5. The minimum Gasteiger partial charge on any atom is -0.507 e. The molecule has 0 spiro atoms. The summed E-state index contributed by atoms with van der Waals surface area (Å²) in [6, 6.07) is 22.0. The Morgan fingerprint density at radius 2 is 1.66 bits per heavy atom. The number of carbonyl (C=O) groups is 1. The van der Waals surface area contributed by atoms with E-state index in [0.29, 0.717) is 57.3 Å². The summed E-state index contributed by atoms with van der Waals surface area (Å²) in [5, 5.41) is 22.0. The quantitative estimate of drug-likeness (QED) is 0.358. The number of aliphatic hydroxyl groups is 1. The first kappa shape index (κ1) is 23.4. The molecule has 35 heavy (non-hydrogen) atoms. The van der Waals surface area contributed by atoms with Gasteiger partial charge in [-0.3, -0.25) is 15.1 Å². The van der Waals surface area contributed by atoms with Gasteiger partial charge in [0, 0.05) is 50.5 Å². The van der Waals surface area contributed by atoms with E-state index in [4.69, 9.17) is 23.2 Å². The molecule has 1 aliphatic carbocycles. The van der Waals surface area contributed by atoms with Crippen molar-refractivity contribution in [3.63, 3.8) is 0 Å². The maximum absolute atomic E-state index is 13.5. The maximum Gasteiger partial charge on any atom is 0.161 e. The van der Waals surface area contributed by atoms with Gasteiger partial charge < -0.3 is 5.11 Å². The van der Waals surface area contributed by atoms with E-state index in [1.807, 2.05) is 61.5 Å². The number of amidine groups is 1. The summed E-state index contributed by atoms with van der Waals surface area (Å²) in [6.07, 6.45) is 1.76. The van der Waals surface area contributed by atoms with Crippen molar-refractivity contribution in [1.82, 2.24) is 0 Å². The van der Waals surface area contributed by atoms with E-state index in [2.05, 4.69) is 0 Å². The molecular weight excluding hydrogens is 479 g/mol. The third kappa shape index (κ3) is 4.18. The second-order valence-corrected chi connectivity index (χ2v) is 9.72. The fraction of sp³-hybridized carbons (Fsp3) is 0.172. The van der Waals surface area contributed by atoms with Gasteiger partial charge in [0.15, 0.2) is 5.78 Å². The largest absolute Gasteiger partial charge is 0.507 e. The molecule has 1 unspecified atom stereocenters. The minimum atomic E-state index is -0.649. The molecule has 176 valence electrons. The molecule has 0 saturated carbocycles. The predicted molar refractivity (Wildman–Crippen MR) is 142 cm³/mol. The number of benzene rings is 3. The Labute approximate surface area is 214 Å². The van der Waals surface area contributed by atoms with Crippen LogP contribution in [0.15, 0.2) is 89.6 Å². The zero-order valence-electron chi connectivity index (χ0n) is 19.2. The molecule has 5 rings (SSSR count). The van der Waals surface area contributed by atoms with Crippen molar-refractivity contribution in [1.29, 1.82) is 5.41 Å². The molecule has 0 fully saturated rings. The Morgan fingerprint density at radius 3 is 2.34 bits per heavy atom. The SMILES string of the molecule is Cc1ccc(/C(O)=C2\C(=N)N(c3ccc(Cl)cc3)C3=C(C(=O)CCC3)C2c2ccccc2Cl)cc1. The van der Waals surface area contributed by atoms with Gasteiger partial charge >= 0.3 is 0 Å². The molecule has 2 aliphatic rings. The summed E-state index contributed by atoms with van der Waals surface area (Å²) in [7, 11) is 0. The van der Waals surface area contributed by atoms with Crippen molar-refractivity contribution < 1.29 is 9.90 Å². The van der Waals surface area contributed by atoms with E-state index < -0.39 is 5.92 Å². The molecule has 1 heterocycles. The van der Waals surface area contributed by atoms with Crippen LogP contribution >= 0.6 is 23.2 Å². The highest BCUT2D eigenvalue weighted by molar-refractivity contribution is 6.32. The van der Waals surface area contributed by atoms with Gasteiger partial charge in [-0.25, -0.2) is 0 Å². The van der Waals surface area contributed by atoms with Crippen LogP contribution in [-0.4, -0.2) is 16.7 Å². The van der Waals surface area contributed by atoms with Crippen molar-refractivity contribution in [2.24, 2.45) is 0 Å². The second-order valence-electron chi connectivity index (χ2n) is 8.88. The molecule has 6 heteroatoms.